The van der Waals surface area contributed by atoms with E-state index in [0.717, 1.165) is 19.6 Å². The number of hydrogen-bond acceptors (Lipinski definition) is 2. The monoisotopic (exact) mass is 167 g/mol. The van der Waals surface area contributed by atoms with Crippen molar-refractivity contribution in [1.29, 1.82) is 0 Å². The topological polar surface area (TPSA) is 12.5 Å². The molecule has 0 radical (unpaired) electrons. The third kappa shape index (κ3) is 2.42. The highest BCUT2D eigenvalue weighted by molar-refractivity contribution is 5.01. The van der Waals surface area contributed by atoms with E-state index in [1.165, 1.54) is 12.8 Å². The van der Waals surface area contributed by atoms with Gasteiger partial charge in [0.15, 0.2) is 0 Å². The minimum Gasteiger partial charge on any atom is -0.383 e. The molecule has 1 rings (SSSR count). The average molecular weight is 167 g/mol. The van der Waals surface area contributed by atoms with Crippen LogP contribution in [0, 0.1) is 12.0 Å². The van der Waals surface area contributed by atoms with E-state index in [1.54, 1.807) is 7.11 Å². The van der Waals surface area contributed by atoms with Gasteiger partial charge < -0.3 is 9.64 Å². The quantitative estimate of drug-likeness (QED) is 0.577. The zero-order valence-corrected chi connectivity index (χ0v) is 7.97. The molecule has 0 bridgehead atoms. The van der Waals surface area contributed by atoms with Gasteiger partial charge in [-0.1, -0.05) is 12.8 Å². The molecular weight excluding hydrogens is 150 g/mol. The molecule has 0 spiro atoms. The van der Waals surface area contributed by atoms with E-state index < -0.39 is 0 Å². The second-order valence-corrected chi connectivity index (χ2v) is 3.09. The van der Waals surface area contributed by atoms with Crippen molar-refractivity contribution in [2.75, 3.05) is 20.3 Å². The van der Waals surface area contributed by atoms with Crippen LogP contribution in [0.5, 0.6) is 0 Å². The minimum atomic E-state index is 0.536. The zero-order chi connectivity index (χ0) is 8.81. The van der Waals surface area contributed by atoms with Crippen molar-refractivity contribution >= 4 is 0 Å². The van der Waals surface area contributed by atoms with E-state index in [1.807, 2.05) is 0 Å². The van der Waals surface area contributed by atoms with Crippen molar-refractivity contribution in [3.8, 4) is 12.0 Å². The second kappa shape index (κ2) is 5.05. The molecule has 1 aliphatic rings. The Balaban J connectivity index is 2.40. The molecule has 0 aromatic rings. The Labute approximate surface area is 74.9 Å². The van der Waals surface area contributed by atoms with Crippen LogP contribution < -0.4 is 0 Å². The normalized spacial score (nSPS) is 22.2. The van der Waals surface area contributed by atoms with E-state index in [9.17, 15) is 0 Å². The Morgan fingerprint density at radius 2 is 2.42 bits per heavy atom. The molecule has 0 saturated carbocycles. The van der Waals surface area contributed by atoms with Crippen molar-refractivity contribution in [2.45, 2.75) is 32.2 Å². The average Bonchev–Trinajstić information content (AvgIpc) is 2.50. The molecule has 1 heterocycles. The van der Waals surface area contributed by atoms with Gasteiger partial charge in [-0.15, -0.1) is 0 Å². The Morgan fingerprint density at radius 1 is 1.58 bits per heavy atom. The Kier molecular flexibility index (Phi) is 3.96. The van der Waals surface area contributed by atoms with Crippen LogP contribution in [0.15, 0.2) is 0 Å². The van der Waals surface area contributed by atoms with Crippen LogP contribution in [0.4, 0.5) is 0 Å². The van der Waals surface area contributed by atoms with Crippen molar-refractivity contribution < 1.29 is 4.74 Å². The largest absolute Gasteiger partial charge is 0.383 e. The summed E-state index contributed by atoms with van der Waals surface area (Å²) in [6, 6.07) is 3.71. The molecule has 2 heteroatoms. The molecule has 68 valence electrons. The Morgan fingerprint density at radius 3 is 3.08 bits per heavy atom. The van der Waals surface area contributed by atoms with Crippen LogP contribution in [-0.4, -0.2) is 31.2 Å². The van der Waals surface area contributed by atoms with Crippen LogP contribution in [-0.2, 0) is 4.74 Å². The molecule has 0 aromatic carbocycles. The first-order chi connectivity index (χ1) is 5.88. The molecule has 0 aromatic heterocycles. The minimum absolute atomic E-state index is 0.536. The summed E-state index contributed by atoms with van der Waals surface area (Å²) in [6.45, 7) is 4.01. The summed E-state index contributed by atoms with van der Waals surface area (Å²) in [5, 5.41) is 0. The standard InChI is InChI=1S/C10H17NO/c1-3-4-7-11-8-5-6-10(11)9-12-2/h10H,3,5-6,8-9H2,1-2H3/t10-/m0/s1. The third-order valence-corrected chi connectivity index (χ3v) is 2.14. The molecule has 1 aliphatic heterocycles. The zero-order valence-electron chi connectivity index (χ0n) is 7.97. The van der Waals surface area contributed by atoms with Gasteiger partial charge in [0.25, 0.3) is 0 Å². The first-order valence-electron chi connectivity index (χ1n) is 4.62. The molecule has 2 nitrogen and oxygen atoms in total. The van der Waals surface area contributed by atoms with Crippen LogP contribution in [0.1, 0.15) is 26.2 Å². The van der Waals surface area contributed by atoms with Crippen molar-refractivity contribution in [3.05, 3.63) is 0 Å². The maximum Gasteiger partial charge on any atom is 0.0673 e. The maximum absolute atomic E-state index is 5.13. The molecule has 1 fully saturated rings. The van der Waals surface area contributed by atoms with Gasteiger partial charge >= 0.3 is 0 Å². The van der Waals surface area contributed by atoms with Gasteiger partial charge in [-0.25, -0.2) is 0 Å². The number of nitrogens with zero attached hydrogens (tertiary/aromatic N) is 1. The second-order valence-electron chi connectivity index (χ2n) is 3.09. The van der Waals surface area contributed by atoms with Gasteiger partial charge in [-0.3, -0.25) is 0 Å². The van der Waals surface area contributed by atoms with Crippen LogP contribution >= 0.6 is 0 Å². The Hall–Kier alpha value is -0.680. The highest BCUT2D eigenvalue weighted by atomic mass is 16.5. The van der Waals surface area contributed by atoms with Crippen molar-refractivity contribution in [1.82, 2.24) is 4.90 Å². The molecule has 0 aliphatic carbocycles. The van der Waals surface area contributed by atoms with Gasteiger partial charge in [0.05, 0.1) is 12.6 Å². The van der Waals surface area contributed by atoms with Crippen LogP contribution in [0.25, 0.3) is 0 Å². The summed E-state index contributed by atoms with van der Waals surface area (Å²) in [5.74, 6) is 3.10. The predicted molar refractivity (Wildman–Crippen MR) is 49.7 cm³/mol. The number of methoxy groups -OCH3 is 1. The molecule has 0 N–H and O–H groups in total. The highest BCUT2D eigenvalue weighted by Crippen LogP contribution is 2.15. The first-order valence-corrected chi connectivity index (χ1v) is 4.62. The fourth-order valence-corrected chi connectivity index (χ4v) is 1.53. The van der Waals surface area contributed by atoms with Crippen molar-refractivity contribution in [3.63, 3.8) is 0 Å². The van der Waals surface area contributed by atoms with Crippen molar-refractivity contribution in [2.24, 2.45) is 0 Å². The molecule has 12 heavy (non-hydrogen) atoms. The summed E-state index contributed by atoms with van der Waals surface area (Å²) < 4.78 is 5.13. The summed E-state index contributed by atoms with van der Waals surface area (Å²) in [4.78, 5) is 2.22. The van der Waals surface area contributed by atoms with Gasteiger partial charge in [0.2, 0.25) is 0 Å². The Bertz CT molecular complexity index is 180. The fourth-order valence-electron chi connectivity index (χ4n) is 1.53. The van der Waals surface area contributed by atoms with Gasteiger partial charge in [0, 0.05) is 26.1 Å². The lowest BCUT2D eigenvalue weighted by atomic mass is 10.2. The smallest absolute Gasteiger partial charge is 0.0673 e. The third-order valence-electron chi connectivity index (χ3n) is 2.14. The lowest BCUT2D eigenvalue weighted by Gasteiger charge is -2.18. The summed E-state index contributed by atoms with van der Waals surface area (Å²) in [5.41, 5.74) is 0. The van der Waals surface area contributed by atoms with Crippen LogP contribution in [0.2, 0.25) is 0 Å². The predicted octanol–water partition coefficient (Wildman–Crippen LogP) is 1.47. The molecule has 1 saturated heterocycles. The van der Waals surface area contributed by atoms with Gasteiger partial charge in [-0.2, -0.15) is 0 Å². The highest BCUT2D eigenvalue weighted by Gasteiger charge is 2.21. The first kappa shape index (κ1) is 9.41. The van der Waals surface area contributed by atoms with Gasteiger partial charge in [-0.05, 0) is 12.8 Å². The molecular formula is C10H17NO. The SMILES string of the molecule is CCC#CN1CCC[C@H]1COC. The fraction of sp³-hybridized carbons (Fsp3) is 0.800. The van der Waals surface area contributed by atoms with Crippen LogP contribution in [0.3, 0.4) is 0 Å². The maximum atomic E-state index is 5.13. The summed E-state index contributed by atoms with van der Waals surface area (Å²) in [7, 11) is 1.75. The van der Waals surface area contributed by atoms with E-state index >= 15 is 0 Å². The lowest BCUT2D eigenvalue weighted by molar-refractivity contribution is 0.142. The van der Waals surface area contributed by atoms with E-state index in [4.69, 9.17) is 4.74 Å². The number of rotatable bonds is 2. The molecule has 0 unspecified atom stereocenters. The summed E-state index contributed by atoms with van der Waals surface area (Å²) >= 11 is 0. The lowest BCUT2D eigenvalue weighted by Crippen LogP contribution is -2.28. The molecule has 1 atom stereocenters. The molecule has 0 amide bonds. The summed E-state index contributed by atoms with van der Waals surface area (Å²) in [6.07, 6.45) is 3.43. The van der Waals surface area contributed by atoms with E-state index in [0.29, 0.717) is 6.04 Å². The van der Waals surface area contributed by atoms with Gasteiger partial charge in [0.1, 0.15) is 0 Å². The number of hydrogen-bond donors (Lipinski definition) is 0. The number of likely N-dealkylation sites (tertiary alicyclic amines) is 1. The van der Waals surface area contributed by atoms with E-state index in [2.05, 4.69) is 23.8 Å². The van der Waals surface area contributed by atoms with E-state index in [-0.39, 0.29) is 0 Å². The number of ether oxygens (including phenoxy) is 1.